The lowest BCUT2D eigenvalue weighted by molar-refractivity contribution is -0.142. The molecule has 0 spiro atoms. The Labute approximate surface area is 124 Å². The van der Waals surface area contributed by atoms with Crippen LogP contribution in [-0.2, 0) is 4.79 Å². The quantitative estimate of drug-likeness (QED) is 0.925. The number of para-hydroxylation sites is 1. The van der Waals surface area contributed by atoms with Crippen LogP contribution in [0.4, 0.5) is 0 Å². The van der Waals surface area contributed by atoms with Crippen LogP contribution in [0, 0.1) is 0 Å². The summed E-state index contributed by atoms with van der Waals surface area (Å²) in [4.78, 5) is 25.1. The molecule has 1 aliphatic rings. The number of carboxylic acid groups (broad SMARTS) is 1. The van der Waals surface area contributed by atoms with Crippen LogP contribution < -0.4 is 4.74 Å². The lowest BCUT2D eigenvalue weighted by atomic mass is 9.96. The van der Waals surface area contributed by atoms with Crippen LogP contribution in [0.3, 0.4) is 0 Å². The lowest BCUT2D eigenvalue weighted by Crippen LogP contribution is -2.42. The van der Waals surface area contributed by atoms with Crippen LogP contribution in [0.25, 0.3) is 0 Å². The first kappa shape index (κ1) is 15.4. The molecule has 5 nitrogen and oxygen atoms in total. The van der Waals surface area contributed by atoms with E-state index < -0.39 is 12.0 Å². The molecule has 0 aliphatic carbocycles. The molecular weight excluding hydrogens is 270 g/mol. The van der Waals surface area contributed by atoms with Gasteiger partial charge in [-0.1, -0.05) is 26.0 Å². The van der Waals surface area contributed by atoms with Crippen LogP contribution >= 0.6 is 0 Å². The Kier molecular flexibility index (Phi) is 4.21. The summed E-state index contributed by atoms with van der Waals surface area (Å²) in [6.45, 7) is 5.77. The van der Waals surface area contributed by atoms with Crippen molar-refractivity contribution in [1.82, 2.24) is 4.90 Å². The Hall–Kier alpha value is -2.04. The molecule has 0 bridgehead atoms. The van der Waals surface area contributed by atoms with E-state index in [1.54, 1.807) is 13.0 Å². The van der Waals surface area contributed by atoms with Crippen LogP contribution in [0.15, 0.2) is 18.2 Å². The van der Waals surface area contributed by atoms with Crippen LogP contribution in [0.2, 0.25) is 0 Å². The van der Waals surface area contributed by atoms with Crippen molar-refractivity contribution in [3.8, 4) is 5.75 Å². The first-order valence-corrected chi connectivity index (χ1v) is 7.18. The SMILES string of the molecule is CCC(C(=O)O)N(C)C(=O)c1cccc2c1OC(C)C2C. The summed E-state index contributed by atoms with van der Waals surface area (Å²) in [5.74, 6) is -0.500. The van der Waals surface area contributed by atoms with Gasteiger partial charge in [-0.15, -0.1) is 0 Å². The zero-order valence-electron chi connectivity index (χ0n) is 12.8. The maximum atomic E-state index is 12.6. The Bertz CT molecular complexity index is 569. The number of amides is 1. The van der Waals surface area contributed by atoms with Crippen LogP contribution in [0.1, 0.15) is 49.0 Å². The Balaban J connectivity index is 2.36. The first-order valence-electron chi connectivity index (χ1n) is 7.18. The van der Waals surface area contributed by atoms with Gasteiger partial charge in [-0.2, -0.15) is 0 Å². The molecule has 3 unspecified atom stereocenters. The van der Waals surface area contributed by atoms with Crippen molar-refractivity contribution in [3.05, 3.63) is 29.3 Å². The summed E-state index contributed by atoms with van der Waals surface area (Å²) in [5.41, 5.74) is 1.44. The third-order valence-corrected chi connectivity index (χ3v) is 4.23. The number of carbonyl (C=O) groups excluding carboxylic acids is 1. The molecule has 1 aromatic rings. The standard InChI is InChI=1S/C16H21NO4/c1-5-13(16(19)20)17(4)15(18)12-8-6-7-11-9(2)10(3)21-14(11)12/h6-10,13H,5H2,1-4H3,(H,19,20). The molecule has 0 fully saturated rings. The minimum absolute atomic E-state index is 0.0145. The molecule has 1 aromatic carbocycles. The average Bonchev–Trinajstić information content (AvgIpc) is 2.74. The summed E-state index contributed by atoms with van der Waals surface area (Å²) < 4.78 is 5.80. The van der Waals surface area contributed by atoms with Gasteiger partial charge in [-0.25, -0.2) is 4.79 Å². The minimum Gasteiger partial charge on any atom is -0.489 e. The van der Waals surface area contributed by atoms with E-state index >= 15 is 0 Å². The van der Waals surface area contributed by atoms with Gasteiger partial charge < -0.3 is 14.7 Å². The molecule has 0 aromatic heterocycles. The summed E-state index contributed by atoms with van der Waals surface area (Å²) in [6, 6.07) is 4.63. The zero-order chi connectivity index (χ0) is 15.7. The second-order valence-electron chi connectivity index (χ2n) is 5.51. The van der Waals surface area contributed by atoms with Crippen LogP contribution in [0.5, 0.6) is 5.75 Å². The van der Waals surface area contributed by atoms with Crippen molar-refractivity contribution in [2.45, 2.75) is 45.3 Å². The number of ether oxygens (including phenoxy) is 1. The molecule has 5 heteroatoms. The fraction of sp³-hybridized carbons (Fsp3) is 0.500. The molecular formula is C16H21NO4. The van der Waals surface area contributed by atoms with Gasteiger partial charge in [0.2, 0.25) is 0 Å². The molecule has 2 rings (SSSR count). The van der Waals surface area contributed by atoms with E-state index in [4.69, 9.17) is 4.74 Å². The predicted octanol–water partition coefficient (Wildman–Crippen LogP) is 2.51. The number of nitrogens with zero attached hydrogens (tertiary/aromatic N) is 1. The molecule has 1 heterocycles. The van der Waals surface area contributed by atoms with E-state index in [0.29, 0.717) is 17.7 Å². The van der Waals surface area contributed by atoms with E-state index in [1.807, 2.05) is 19.1 Å². The average molecular weight is 291 g/mol. The smallest absolute Gasteiger partial charge is 0.326 e. The maximum Gasteiger partial charge on any atom is 0.326 e. The van der Waals surface area contributed by atoms with Gasteiger partial charge in [-0.05, 0) is 19.4 Å². The summed E-state index contributed by atoms with van der Waals surface area (Å²) >= 11 is 0. The van der Waals surface area contributed by atoms with Crippen molar-refractivity contribution in [2.24, 2.45) is 0 Å². The number of rotatable bonds is 4. The monoisotopic (exact) mass is 291 g/mol. The number of carboxylic acids is 1. The molecule has 3 atom stereocenters. The predicted molar refractivity (Wildman–Crippen MR) is 78.8 cm³/mol. The van der Waals surface area contributed by atoms with E-state index in [2.05, 4.69) is 6.92 Å². The summed E-state index contributed by atoms with van der Waals surface area (Å²) in [7, 11) is 1.52. The largest absolute Gasteiger partial charge is 0.489 e. The highest BCUT2D eigenvalue weighted by Crippen LogP contribution is 2.40. The highest BCUT2D eigenvalue weighted by atomic mass is 16.5. The molecule has 1 amide bonds. The van der Waals surface area contributed by atoms with Crippen molar-refractivity contribution in [3.63, 3.8) is 0 Å². The second-order valence-corrected chi connectivity index (χ2v) is 5.51. The molecule has 0 saturated carbocycles. The third kappa shape index (κ3) is 2.60. The Morgan fingerprint density at radius 1 is 1.38 bits per heavy atom. The number of fused-ring (bicyclic) bond motifs is 1. The minimum atomic E-state index is -0.997. The van der Waals surface area contributed by atoms with Crippen molar-refractivity contribution < 1.29 is 19.4 Å². The van der Waals surface area contributed by atoms with Crippen molar-refractivity contribution >= 4 is 11.9 Å². The topological polar surface area (TPSA) is 66.8 Å². The fourth-order valence-corrected chi connectivity index (χ4v) is 2.70. The first-order chi connectivity index (χ1) is 9.88. The summed E-state index contributed by atoms with van der Waals surface area (Å²) in [5, 5.41) is 9.19. The molecule has 21 heavy (non-hydrogen) atoms. The number of hydrogen-bond acceptors (Lipinski definition) is 3. The van der Waals surface area contributed by atoms with Gasteiger partial charge in [0, 0.05) is 18.5 Å². The van der Waals surface area contributed by atoms with Gasteiger partial charge in [0.25, 0.3) is 5.91 Å². The van der Waals surface area contributed by atoms with Crippen LogP contribution in [-0.4, -0.2) is 41.1 Å². The molecule has 1 N–H and O–H groups in total. The van der Waals surface area contributed by atoms with E-state index in [9.17, 15) is 14.7 Å². The number of hydrogen-bond donors (Lipinski definition) is 1. The van der Waals surface area contributed by atoms with Crippen molar-refractivity contribution in [2.75, 3.05) is 7.05 Å². The third-order valence-electron chi connectivity index (χ3n) is 4.23. The van der Waals surface area contributed by atoms with Gasteiger partial charge in [-0.3, -0.25) is 4.79 Å². The molecule has 0 radical (unpaired) electrons. The normalized spacial score (nSPS) is 21.3. The lowest BCUT2D eigenvalue weighted by Gasteiger charge is -2.24. The Morgan fingerprint density at radius 2 is 2.05 bits per heavy atom. The molecule has 1 aliphatic heterocycles. The zero-order valence-corrected chi connectivity index (χ0v) is 12.8. The number of likely N-dealkylation sites (N-methyl/N-ethyl adjacent to an activating group) is 1. The number of benzene rings is 1. The second kappa shape index (κ2) is 5.76. The summed E-state index contributed by atoms with van der Waals surface area (Å²) in [6.07, 6.45) is 0.376. The van der Waals surface area contributed by atoms with Gasteiger partial charge in [0.05, 0.1) is 5.56 Å². The highest BCUT2D eigenvalue weighted by molar-refractivity contribution is 5.99. The van der Waals surface area contributed by atoms with Gasteiger partial charge in [0.15, 0.2) is 0 Å². The van der Waals surface area contributed by atoms with E-state index in [-0.39, 0.29) is 17.9 Å². The molecule has 0 saturated heterocycles. The Morgan fingerprint density at radius 3 is 2.62 bits per heavy atom. The molecule has 114 valence electrons. The maximum absolute atomic E-state index is 12.6. The number of carbonyl (C=O) groups is 2. The van der Waals surface area contributed by atoms with Gasteiger partial charge >= 0.3 is 5.97 Å². The van der Waals surface area contributed by atoms with Crippen molar-refractivity contribution in [1.29, 1.82) is 0 Å². The number of aliphatic carboxylic acids is 1. The highest BCUT2D eigenvalue weighted by Gasteiger charge is 2.33. The van der Waals surface area contributed by atoms with E-state index in [0.717, 1.165) is 5.56 Å². The van der Waals surface area contributed by atoms with Gasteiger partial charge in [0.1, 0.15) is 17.9 Å². The fourth-order valence-electron chi connectivity index (χ4n) is 2.70. The van der Waals surface area contributed by atoms with E-state index in [1.165, 1.54) is 11.9 Å².